The normalized spacial score (nSPS) is 18.4. The summed E-state index contributed by atoms with van der Waals surface area (Å²) in [5.41, 5.74) is -0.426. The number of nitrogens with zero attached hydrogens (tertiary/aromatic N) is 3. The lowest BCUT2D eigenvalue weighted by atomic mass is 9.94. The van der Waals surface area contributed by atoms with Crippen molar-refractivity contribution in [3.63, 3.8) is 0 Å². The van der Waals surface area contributed by atoms with Crippen molar-refractivity contribution in [2.75, 3.05) is 13.1 Å². The maximum absolute atomic E-state index is 12.3. The molecule has 0 bridgehead atoms. The topological polar surface area (TPSA) is 88.6 Å². The predicted molar refractivity (Wildman–Crippen MR) is 67.8 cm³/mol. The van der Waals surface area contributed by atoms with Crippen molar-refractivity contribution in [2.45, 2.75) is 25.4 Å². The molecule has 104 valence electrons. The van der Waals surface area contributed by atoms with E-state index in [-0.39, 0.29) is 11.7 Å². The van der Waals surface area contributed by atoms with Crippen LogP contribution in [-0.4, -0.2) is 44.1 Å². The highest BCUT2D eigenvalue weighted by Gasteiger charge is 2.32. The van der Waals surface area contributed by atoms with E-state index in [1.807, 2.05) is 0 Å². The van der Waals surface area contributed by atoms with Gasteiger partial charge in [0.15, 0.2) is 5.69 Å². The maximum Gasteiger partial charge on any atom is 0.323 e. The molecule has 1 aliphatic rings. The first-order valence-corrected chi connectivity index (χ1v) is 6.13. The van der Waals surface area contributed by atoms with Crippen LogP contribution in [0.5, 0.6) is 0 Å². The van der Waals surface area contributed by atoms with Gasteiger partial charge < -0.3 is 20.1 Å². The summed E-state index contributed by atoms with van der Waals surface area (Å²) in [6.07, 6.45) is 1.04. The van der Waals surface area contributed by atoms with Gasteiger partial charge in [0.05, 0.1) is 12.6 Å². The minimum Gasteiger partial charge on any atom is -0.390 e. The molecule has 1 aromatic rings. The maximum atomic E-state index is 12.3. The quantitative estimate of drug-likeness (QED) is 0.637. The summed E-state index contributed by atoms with van der Waals surface area (Å²) in [5, 5.41) is 20.6. The zero-order chi connectivity index (χ0) is 14.2. The summed E-state index contributed by atoms with van der Waals surface area (Å²) in [5.74, 6) is -0.335. The minimum atomic E-state index is -0.725. The van der Waals surface area contributed by atoms with Crippen molar-refractivity contribution in [2.24, 2.45) is 7.05 Å². The van der Waals surface area contributed by atoms with Gasteiger partial charge in [-0.3, -0.25) is 4.79 Å². The number of likely N-dealkylation sites (tertiary alicyclic amines) is 1. The molecule has 1 aliphatic heterocycles. The number of hydrogen-bond donors (Lipinski definition) is 1. The second-order valence-electron chi connectivity index (χ2n) is 5.18. The van der Waals surface area contributed by atoms with Gasteiger partial charge in [0.2, 0.25) is 0 Å². The number of aromatic nitrogens is 1. The van der Waals surface area contributed by atoms with Crippen molar-refractivity contribution in [1.82, 2.24) is 9.47 Å². The van der Waals surface area contributed by atoms with E-state index in [1.165, 1.54) is 23.7 Å². The Morgan fingerprint density at radius 1 is 1.42 bits per heavy atom. The molecular weight excluding hydrogens is 250 g/mol. The highest BCUT2D eigenvalue weighted by Crippen LogP contribution is 2.23. The number of carbonyl (C=O) groups excluding carboxylic acids is 1. The van der Waals surface area contributed by atoms with Gasteiger partial charge in [0, 0.05) is 19.2 Å². The van der Waals surface area contributed by atoms with E-state index in [4.69, 9.17) is 0 Å². The van der Waals surface area contributed by atoms with Gasteiger partial charge >= 0.3 is 5.82 Å². The fraction of sp³-hybridized carbons (Fsp3) is 0.583. The molecule has 19 heavy (non-hydrogen) atoms. The van der Waals surface area contributed by atoms with Crippen molar-refractivity contribution in [1.29, 1.82) is 0 Å². The Morgan fingerprint density at radius 3 is 2.47 bits per heavy atom. The Bertz CT molecular complexity index is 511. The van der Waals surface area contributed by atoms with Gasteiger partial charge in [-0.15, -0.1) is 0 Å². The molecule has 1 aromatic heterocycles. The van der Waals surface area contributed by atoms with Crippen molar-refractivity contribution in [3.05, 3.63) is 27.9 Å². The molecule has 0 radical (unpaired) electrons. The summed E-state index contributed by atoms with van der Waals surface area (Å²) in [7, 11) is 1.51. The molecule has 0 atom stereocenters. The van der Waals surface area contributed by atoms with E-state index in [2.05, 4.69) is 0 Å². The first-order chi connectivity index (χ1) is 8.82. The summed E-state index contributed by atoms with van der Waals surface area (Å²) in [6.45, 7) is 2.68. The summed E-state index contributed by atoms with van der Waals surface area (Å²) in [6, 6.07) is 2.79. The lowest BCUT2D eigenvalue weighted by Gasteiger charge is -2.35. The lowest BCUT2D eigenvalue weighted by molar-refractivity contribution is -0.391. The van der Waals surface area contributed by atoms with E-state index in [0.717, 1.165) is 0 Å². The molecule has 0 aliphatic carbocycles. The van der Waals surface area contributed by atoms with E-state index in [1.54, 1.807) is 11.8 Å². The van der Waals surface area contributed by atoms with Gasteiger partial charge in [-0.2, -0.15) is 0 Å². The third-order valence-electron chi connectivity index (χ3n) is 3.63. The van der Waals surface area contributed by atoms with E-state index >= 15 is 0 Å². The summed E-state index contributed by atoms with van der Waals surface area (Å²) >= 11 is 0. The van der Waals surface area contributed by atoms with Crippen molar-refractivity contribution >= 4 is 11.7 Å². The van der Waals surface area contributed by atoms with Crippen molar-refractivity contribution in [3.8, 4) is 0 Å². The zero-order valence-electron chi connectivity index (χ0n) is 11.0. The monoisotopic (exact) mass is 267 g/mol. The van der Waals surface area contributed by atoms with Crippen LogP contribution in [0, 0.1) is 10.1 Å². The minimum absolute atomic E-state index is 0.104. The molecule has 1 fully saturated rings. The van der Waals surface area contributed by atoms with Gasteiger partial charge in [-0.1, -0.05) is 0 Å². The predicted octanol–water partition coefficient (Wildman–Crippen LogP) is 0.920. The highest BCUT2D eigenvalue weighted by molar-refractivity contribution is 5.93. The van der Waals surface area contributed by atoms with Gasteiger partial charge in [0.1, 0.15) is 0 Å². The Balaban J connectivity index is 2.15. The van der Waals surface area contributed by atoms with Gasteiger partial charge in [-0.25, -0.2) is 4.57 Å². The molecular formula is C12H17N3O4. The fourth-order valence-corrected chi connectivity index (χ4v) is 2.25. The number of amides is 1. The molecule has 1 saturated heterocycles. The molecule has 0 spiro atoms. The second-order valence-corrected chi connectivity index (χ2v) is 5.18. The first-order valence-electron chi connectivity index (χ1n) is 6.13. The first kappa shape index (κ1) is 13.5. The highest BCUT2D eigenvalue weighted by atomic mass is 16.6. The molecule has 7 nitrogen and oxygen atoms in total. The largest absolute Gasteiger partial charge is 0.390 e. The summed E-state index contributed by atoms with van der Waals surface area (Å²) < 4.78 is 1.29. The number of rotatable bonds is 2. The Labute approximate surface area is 110 Å². The third-order valence-corrected chi connectivity index (χ3v) is 3.63. The number of nitro groups is 1. The van der Waals surface area contributed by atoms with E-state index < -0.39 is 10.5 Å². The number of piperidine rings is 1. The van der Waals surface area contributed by atoms with Crippen LogP contribution < -0.4 is 0 Å². The molecule has 2 heterocycles. The Kier molecular flexibility index (Phi) is 3.32. The smallest absolute Gasteiger partial charge is 0.323 e. The van der Waals surface area contributed by atoms with E-state index in [0.29, 0.717) is 31.6 Å². The third kappa shape index (κ3) is 2.60. The Morgan fingerprint density at radius 2 is 2.00 bits per heavy atom. The summed E-state index contributed by atoms with van der Waals surface area (Å²) in [4.78, 5) is 24.1. The van der Waals surface area contributed by atoms with Gasteiger partial charge in [-0.05, 0) is 30.8 Å². The average Bonchev–Trinajstić information content (AvgIpc) is 2.70. The van der Waals surface area contributed by atoms with Crippen LogP contribution in [0.3, 0.4) is 0 Å². The zero-order valence-corrected chi connectivity index (χ0v) is 11.0. The SMILES string of the molecule is Cn1c(C(=O)N2CCC(C)(O)CC2)ccc1[N+](=O)[O-]. The van der Waals surface area contributed by atoms with Crippen LogP contribution in [0.1, 0.15) is 30.3 Å². The second kappa shape index (κ2) is 4.65. The molecule has 1 N–H and O–H groups in total. The van der Waals surface area contributed by atoms with Crippen LogP contribution in [0.25, 0.3) is 0 Å². The van der Waals surface area contributed by atoms with Crippen LogP contribution in [-0.2, 0) is 7.05 Å². The number of hydrogen-bond acceptors (Lipinski definition) is 4. The number of aliphatic hydroxyl groups is 1. The van der Waals surface area contributed by atoms with Crippen LogP contribution in [0.15, 0.2) is 12.1 Å². The standard InChI is InChI=1S/C12H17N3O4/c1-12(17)5-7-14(8-6-12)11(16)9-3-4-10(13(9)2)15(18)19/h3-4,17H,5-8H2,1-2H3. The molecule has 0 unspecified atom stereocenters. The number of carbonyl (C=O) groups is 1. The molecule has 0 aromatic carbocycles. The van der Waals surface area contributed by atoms with Gasteiger partial charge in [0.25, 0.3) is 5.91 Å². The lowest BCUT2D eigenvalue weighted by Crippen LogP contribution is -2.45. The Hall–Kier alpha value is -1.89. The van der Waals surface area contributed by atoms with E-state index in [9.17, 15) is 20.0 Å². The molecule has 0 saturated carbocycles. The van der Waals surface area contributed by atoms with Crippen LogP contribution in [0.2, 0.25) is 0 Å². The molecule has 1 amide bonds. The van der Waals surface area contributed by atoms with Crippen LogP contribution in [0.4, 0.5) is 5.82 Å². The average molecular weight is 267 g/mol. The molecule has 2 rings (SSSR count). The molecule has 7 heteroatoms. The van der Waals surface area contributed by atoms with Crippen LogP contribution >= 0.6 is 0 Å². The fourth-order valence-electron chi connectivity index (χ4n) is 2.25. The van der Waals surface area contributed by atoms with Crippen molar-refractivity contribution < 1.29 is 14.8 Å².